The average Bonchev–Trinajstić information content (AvgIpc) is 2.73. The molecule has 1 heterocycles. The van der Waals surface area contributed by atoms with Gasteiger partial charge < -0.3 is 4.90 Å². The number of ketones is 1. The lowest BCUT2D eigenvalue weighted by Crippen LogP contribution is -2.47. The van der Waals surface area contributed by atoms with Gasteiger partial charge in [-0.2, -0.15) is 5.26 Å². The zero-order valence-electron chi connectivity index (χ0n) is 17.8. The van der Waals surface area contributed by atoms with Crippen LogP contribution in [0.2, 0.25) is 5.02 Å². The second kappa shape index (κ2) is 11.7. The van der Waals surface area contributed by atoms with Gasteiger partial charge in [0.2, 0.25) is 0 Å². The third kappa shape index (κ3) is 7.25. The van der Waals surface area contributed by atoms with Crippen molar-refractivity contribution in [1.29, 1.82) is 5.26 Å². The number of halogens is 2. The second-order valence-electron chi connectivity index (χ2n) is 8.90. The molecular formula is C24H33ClFN3O. The molecule has 1 saturated carbocycles. The summed E-state index contributed by atoms with van der Waals surface area (Å²) in [7, 11) is 0. The maximum atomic E-state index is 13.6. The van der Waals surface area contributed by atoms with Gasteiger partial charge in [-0.25, -0.2) is 4.39 Å². The van der Waals surface area contributed by atoms with E-state index < -0.39 is 0 Å². The van der Waals surface area contributed by atoms with E-state index in [-0.39, 0.29) is 18.0 Å². The fourth-order valence-corrected chi connectivity index (χ4v) is 5.11. The summed E-state index contributed by atoms with van der Waals surface area (Å²) in [5.74, 6) is 1.40. The van der Waals surface area contributed by atoms with Gasteiger partial charge >= 0.3 is 0 Å². The molecule has 0 radical (unpaired) electrons. The van der Waals surface area contributed by atoms with Crippen molar-refractivity contribution < 1.29 is 9.18 Å². The van der Waals surface area contributed by atoms with Crippen molar-refractivity contribution in [2.75, 3.05) is 37.6 Å². The molecule has 4 nitrogen and oxygen atoms in total. The fourth-order valence-electron chi connectivity index (χ4n) is 4.89. The minimum atomic E-state index is -0.274. The summed E-state index contributed by atoms with van der Waals surface area (Å²) < 4.78 is 13.6. The molecule has 2 aliphatic rings. The van der Waals surface area contributed by atoms with Crippen molar-refractivity contribution in [3.63, 3.8) is 0 Å². The van der Waals surface area contributed by atoms with Gasteiger partial charge in [0.25, 0.3) is 0 Å². The van der Waals surface area contributed by atoms with Crippen LogP contribution in [0.3, 0.4) is 0 Å². The largest absolute Gasteiger partial charge is 0.369 e. The van der Waals surface area contributed by atoms with Crippen molar-refractivity contribution in [2.24, 2.45) is 11.8 Å². The van der Waals surface area contributed by atoms with Gasteiger partial charge in [-0.05, 0) is 49.4 Å². The van der Waals surface area contributed by atoms with Crippen LogP contribution in [0.15, 0.2) is 18.2 Å². The summed E-state index contributed by atoms with van der Waals surface area (Å²) in [6.45, 7) is 5.00. The number of nitriles is 1. The standard InChI is InChI=1S/C24H33ClFN3O/c25-21-16-22(26)18-23(17-21)29-14-12-28(13-15-29)11-9-20-6-4-19(5-7-20)2-1-3-24(30)8-10-27/h16-20H,1-9,11-15H2/t19-,20-. The van der Waals surface area contributed by atoms with Crippen LogP contribution in [0, 0.1) is 29.0 Å². The molecule has 1 aromatic rings. The third-order valence-electron chi connectivity index (χ3n) is 6.75. The molecule has 0 unspecified atom stereocenters. The van der Waals surface area contributed by atoms with E-state index in [0.717, 1.165) is 63.1 Å². The Labute approximate surface area is 185 Å². The van der Waals surface area contributed by atoms with E-state index in [4.69, 9.17) is 16.9 Å². The first-order chi connectivity index (χ1) is 14.5. The Morgan fingerprint density at radius 3 is 2.37 bits per heavy atom. The monoisotopic (exact) mass is 433 g/mol. The van der Waals surface area contributed by atoms with Crippen LogP contribution in [0.25, 0.3) is 0 Å². The Balaban J connectivity index is 1.29. The quantitative estimate of drug-likeness (QED) is 0.519. The zero-order valence-corrected chi connectivity index (χ0v) is 18.5. The number of Topliss-reactive ketones (excluding diaryl/α,β-unsaturated/α-hetero) is 1. The van der Waals surface area contributed by atoms with Crippen LogP contribution in [-0.4, -0.2) is 43.4 Å². The number of hydrogen-bond acceptors (Lipinski definition) is 4. The number of anilines is 1. The van der Waals surface area contributed by atoms with Crippen molar-refractivity contribution in [1.82, 2.24) is 4.90 Å². The lowest BCUT2D eigenvalue weighted by molar-refractivity contribution is -0.118. The van der Waals surface area contributed by atoms with Crippen LogP contribution in [0.1, 0.15) is 57.8 Å². The molecule has 0 bridgehead atoms. The molecule has 2 fully saturated rings. The van der Waals surface area contributed by atoms with Crippen molar-refractivity contribution >= 4 is 23.1 Å². The van der Waals surface area contributed by atoms with Crippen LogP contribution in [-0.2, 0) is 4.79 Å². The summed E-state index contributed by atoms with van der Waals surface area (Å²) in [4.78, 5) is 16.2. The molecule has 0 N–H and O–H groups in total. The number of carbonyl (C=O) groups excluding carboxylic acids is 1. The van der Waals surface area contributed by atoms with E-state index in [1.807, 2.05) is 12.1 Å². The molecule has 0 aromatic heterocycles. The van der Waals surface area contributed by atoms with Crippen molar-refractivity contribution in [3.8, 4) is 6.07 Å². The molecule has 6 heteroatoms. The van der Waals surface area contributed by atoms with Gasteiger partial charge in [0, 0.05) is 43.3 Å². The van der Waals surface area contributed by atoms with E-state index in [2.05, 4.69) is 9.80 Å². The fraction of sp³-hybridized carbons (Fsp3) is 0.667. The summed E-state index contributed by atoms with van der Waals surface area (Å²) in [6, 6.07) is 6.71. The van der Waals surface area contributed by atoms with E-state index >= 15 is 0 Å². The van der Waals surface area contributed by atoms with Crippen LogP contribution < -0.4 is 4.90 Å². The Hall–Kier alpha value is -1.64. The molecule has 1 aliphatic carbocycles. The van der Waals surface area contributed by atoms with Gasteiger partial charge in [0.05, 0.1) is 12.5 Å². The number of hydrogen-bond donors (Lipinski definition) is 0. The van der Waals surface area contributed by atoms with Gasteiger partial charge in [-0.15, -0.1) is 0 Å². The van der Waals surface area contributed by atoms with E-state index in [1.54, 1.807) is 6.07 Å². The molecule has 0 spiro atoms. The number of rotatable bonds is 9. The van der Waals surface area contributed by atoms with Gasteiger partial charge in [0.1, 0.15) is 11.6 Å². The minimum absolute atomic E-state index is 0.0665. The zero-order chi connectivity index (χ0) is 21.3. The van der Waals surface area contributed by atoms with Crippen LogP contribution in [0.5, 0.6) is 0 Å². The highest BCUT2D eigenvalue weighted by Crippen LogP contribution is 2.34. The maximum Gasteiger partial charge on any atom is 0.146 e. The van der Waals surface area contributed by atoms with E-state index in [9.17, 15) is 9.18 Å². The predicted molar refractivity (Wildman–Crippen MR) is 119 cm³/mol. The van der Waals surface area contributed by atoms with Crippen LogP contribution in [0.4, 0.5) is 10.1 Å². The lowest BCUT2D eigenvalue weighted by Gasteiger charge is -2.37. The Kier molecular flexibility index (Phi) is 8.96. The smallest absolute Gasteiger partial charge is 0.146 e. The predicted octanol–water partition coefficient (Wildman–Crippen LogP) is 5.45. The molecule has 1 aromatic carbocycles. The average molecular weight is 434 g/mol. The van der Waals surface area contributed by atoms with Gasteiger partial charge in [0.15, 0.2) is 0 Å². The second-order valence-corrected chi connectivity index (χ2v) is 9.33. The number of benzene rings is 1. The minimum Gasteiger partial charge on any atom is -0.369 e. The molecular weight excluding hydrogens is 401 g/mol. The highest BCUT2D eigenvalue weighted by Gasteiger charge is 2.23. The Morgan fingerprint density at radius 1 is 1.07 bits per heavy atom. The van der Waals surface area contributed by atoms with Gasteiger partial charge in [-0.1, -0.05) is 43.7 Å². The maximum absolute atomic E-state index is 13.6. The van der Waals surface area contributed by atoms with Gasteiger partial charge in [-0.3, -0.25) is 9.69 Å². The molecule has 1 saturated heterocycles. The number of nitrogens with zero attached hydrogens (tertiary/aromatic N) is 3. The lowest BCUT2D eigenvalue weighted by atomic mass is 9.78. The Morgan fingerprint density at radius 2 is 1.73 bits per heavy atom. The normalized spacial score (nSPS) is 22.6. The molecule has 1 aliphatic heterocycles. The van der Waals surface area contributed by atoms with E-state index in [1.165, 1.54) is 38.2 Å². The first-order valence-corrected chi connectivity index (χ1v) is 11.7. The first-order valence-electron chi connectivity index (χ1n) is 11.4. The SMILES string of the molecule is N#CCC(=O)CCC[C@H]1CC[C@H](CCN2CCN(c3cc(F)cc(Cl)c3)CC2)CC1. The number of piperazine rings is 1. The number of carbonyl (C=O) groups is 1. The highest BCUT2D eigenvalue weighted by atomic mass is 35.5. The van der Waals surface area contributed by atoms with Crippen molar-refractivity contribution in [2.45, 2.75) is 57.8 Å². The Bertz CT molecular complexity index is 714. The first kappa shape index (κ1) is 23.0. The topological polar surface area (TPSA) is 47.3 Å². The third-order valence-corrected chi connectivity index (χ3v) is 6.97. The summed E-state index contributed by atoms with van der Waals surface area (Å²) in [6.07, 6.45) is 9.15. The molecule has 0 atom stereocenters. The molecule has 164 valence electrons. The van der Waals surface area contributed by atoms with Crippen LogP contribution >= 0.6 is 11.6 Å². The van der Waals surface area contributed by atoms with E-state index in [0.29, 0.717) is 11.4 Å². The molecule has 30 heavy (non-hydrogen) atoms. The molecule has 3 rings (SSSR count). The molecule has 0 amide bonds. The van der Waals surface area contributed by atoms with Crippen molar-refractivity contribution in [3.05, 3.63) is 29.0 Å². The summed E-state index contributed by atoms with van der Waals surface area (Å²) in [5, 5.41) is 9.00. The highest BCUT2D eigenvalue weighted by molar-refractivity contribution is 6.30. The summed E-state index contributed by atoms with van der Waals surface area (Å²) in [5.41, 5.74) is 0.882. The summed E-state index contributed by atoms with van der Waals surface area (Å²) >= 11 is 5.99.